The van der Waals surface area contributed by atoms with Crippen molar-refractivity contribution in [2.45, 2.75) is 38.5 Å². The lowest BCUT2D eigenvalue weighted by Gasteiger charge is -2.36. The van der Waals surface area contributed by atoms with Crippen LogP contribution in [-0.4, -0.2) is 0 Å². The van der Waals surface area contributed by atoms with E-state index in [-0.39, 0.29) is 10.8 Å². The van der Waals surface area contributed by atoms with Crippen LogP contribution in [0.15, 0.2) is 60.7 Å². The van der Waals surface area contributed by atoms with Gasteiger partial charge in [-0.15, -0.1) is 0 Å². The molecule has 0 heteroatoms. The van der Waals surface area contributed by atoms with Crippen LogP contribution in [0.3, 0.4) is 0 Å². The Kier molecular flexibility index (Phi) is 2.35. The summed E-state index contributed by atoms with van der Waals surface area (Å²) in [6.07, 6.45) is 0. The van der Waals surface area contributed by atoms with Crippen LogP contribution >= 0.6 is 0 Å². The minimum absolute atomic E-state index is 0.00347. The minimum Gasteiger partial charge on any atom is -0.0616 e. The van der Waals surface area contributed by atoms with Gasteiger partial charge in [0.05, 0.1) is 0 Å². The maximum atomic E-state index is 2.41. The summed E-state index contributed by atoms with van der Waals surface area (Å²) in [5.74, 6) is 0. The molecule has 0 aliphatic heterocycles. The molecule has 0 saturated heterocycles. The van der Waals surface area contributed by atoms with Crippen molar-refractivity contribution in [1.29, 1.82) is 0 Å². The summed E-state index contributed by atoms with van der Waals surface area (Å²) < 4.78 is 0. The molecular weight excluding hydrogens is 312 g/mol. The Morgan fingerprint density at radius 1 is 0.577 bits per heavy atom. The molecule has 0 fully saturated rings. The predicted molar refractivity (Wildman–Crippen MR) is 111 cm³/mol. The molecule has 0 amide bonds. The number of fused-ring (bicyclic) bond motifs is 2. The first kappa shape index (κ1) is 14.6. The van der Waals surface area contributed by atoms with Crippen molar-refractivity contribution in [3.05, 3.63) is 82.9 Å². The molecule has 26 heavy (non-hydrogen) atoms. The molecule has 0 radical (unpaired) electrons. The molecule has 0 N–H and O–H groups in total. The lowest BCUT2D eigenvalue weighted by Crippen LogP contribution is -2.24. The van der Waals surface area contributed by atoms with Crippen molar-refractivity contribution in [2.24, 2.45) is 0 Å². The van der Waals surface area contributed by atoms with Gasteiger partial charge >= 0.3 is 0 Å². The molecule has 0 heterocycles. The van der Waals surface area contributed by atoms with Gasteiger partial charge in [-0.05, 0) is 61.0 Å². The highest BCUT2D eigenvalue weighted by atomic mass is 14.5. The van der Waals surface area contributed by atoms with Gasteiger partial charge in [-0.25, -0.2) is 0 Å². The first-order valence-electron chi connectivity index (χ1n) is 9.56. The van der Waals surface area contributed by atoms with Gasteiger partial charge in [0.15, 0.2) is 0 Å². The number of hydrogen-bond acceptors (Lipinski definition) is 0. The largest absolute Gasteiger partial charge is 0.0616 e. The lowest BCUT2D eigenvalue weighted by atomic mass is 9.67. The summed E-state index contributed by atoms with van der Waals surface area (Å²) in [6.45, 7) is 9.58. The fraction of sp³-hybridized carbons (Fsp3) is 0.231. The van der Waals surface area contributed by atoms with Crippen LogP contribution in [0.5, 0.6) is 0 Å². The van der Waals surface area contributed by atoms with Crippen molar-refractivity contribution >= 4 is 21.5 Å². The lowest BCUT2D eigenvalue weighted by molar-refractivity contribution is 0.643. The number of rotatable bonds is 0. The van der Waals surface area contributed by atoms with Gasteiger partial charge in [-0.2, -0.15) is 0 Å². The Balaban J connectivity index is 1.99. The van der Waals surface area contributed by atoms with Gasteiger partial charge in [0.25, 0.3) is 0 Å². The molecule has 2 aliphatic carbocycles. The zero-order valence-corrected chi connectivity index (χ0v) is 15.8. The molecular formula is C26H22. The van der Waals surface area contributed by atoms with Crippen LogP contribution < -0.4 is 0 Å². The monoisotopic (exact) mass is 334 g/mol. The van der Waals surface area contributed by atoms with Crippen molar-refractivity contribution in [3.8, 4) is 11.1 Å². The van der Waals surface area contributed by atoms with Crippen LogP contribution in [0.2, 0.25) is 0 Å². The van der Waals surface area contributed by atoms with Crippen LogP contribution in [0.4, 0.5) is 0 Å². The summed E-state index contributed by atoms with van der Waals surface area (Å²) in [5.41, 5.74) is 9.03. The fourth-order valence-electron chi connectivity index (χ4n) is 5.73. The first-order valence-corrected chi connectivity index (χ1v) is 9.56. The summed E-state index contributed by atoms with van der Waals surface area (Å²) in [6, 6.07) is 22.9. The molecule has 0 nitrogen and oxygen atoms in total. The molecule has 0 spiro atoms. The van der Waals surface area contributed by atoms with Gasteiger partial charge in [0.1, 0.15) is 0 Å². The van der Waals surface area contributed by atoms with E-state index in [1.807, 2.05) is 0 Å². The van der Waals surface area contributed by atoms with E-state index in [2.05, 4.69) is 88.4 Å². The quantitative estimate of drug-likeness (QED) is 0.306. The zero-order valence-electron chi connectivity index (χ0n) is 15.8. The fourth-order valence-corrected chi connectivity index (χ4v) is 5.73. The molecule has 4 aromatic carbocycles. The summed E-state index contributed by atoms with van der Waals surface area (Å²) >= 11 is 0. The van der Waals surface area contributed by atoms with E-state index in [0.717, 1.165) is 0 Å². The summed E-state index contributed by atoms with van der Waals surface area (Å²) in [5, 5.41) is 5.61. The van der Waals surface area contributed by atoms with E-state index in [4.69, 9.17) is 0 Å². The average molecular weight is 334 g/mol. The van der Waals surface area contributed by atoms with Crippen molar-refractivity contribution < 1.29 is 0 Å². The van der Waals surface area contributed by atoms with Gasteiger partial charge in [-0.1, -0.05) is 82.3 Å². The topological polar surface area (TPSA) is 0 Å². The van der Waals surface area contributed by atoms with Gasteiger partial charge in [0.2, 0.25) is 0 Å². The first-order chi connectivity index (χ1) is 12.4. The molecule has 0 unspecified atom stereocenters. The second kappa shape index (κ2) is 4.20. The zero-order chi connectivity index (χ0) is 17.8. The molecule has 0 atom stereocenters. The van der Waals surface area contributed by atoms with Crippen LogP contribution in [0, 0.1) is 0 Å². The number of benzene rings is 4. The highest BCUT2D eigenvalue weighted by molar-refractivity contribution is 6.14. The minimum atomic E-state index is -0.00347. The molecule has 0 bridgehead atoms. The van der Waals surface area contributed by atoms with E-state index in [9.17, 15) is 0 Å². The highest BCUT2D eigenvalue weighted by Gasteiger charge is 2.44. The smallest absolute Gasteiger partial charge is 0.0165 e. The molecule has 0 saturated carbocycles. The van der Waals surface area contributed by atoms with E-state index >= 15 is 0 Å². The van der Waals surface area contributed by atoms with Crippen molar-refractivity contribution in [3.63, 3.8) is 0 Å². The Hall–Kier alpha value is -2.60. The van der Waals surface area contributed by atoms with Crippen LogP contribution in [0.1, 0.15) is 49.9 Å². The molecule has 6 rings (SSSR count). The maximum Gasteiger partial charge on any atom is 0.0165 e. The highest BCUT2D eigenvalue weighted by Crippen LogP contribution is 2.60. The van der Waals surface area contributed by atoms with Crippen molar-refractivity contribution in [2.75, 3.05) is 0 Å². The van der Waals surface area contributed by atoms with E-state index in [1.54, 1.807) is 0 Å². The third-order valence-electron chi connectivity index (χ3n) is 6.99. The molecule has 2 aliphatic rings. The van der Waals surface area contributed by atoms with E-state index in [0.29, 0.717) is 0 Å². The standard InChI is InChI=1S/C26H22/c1-25(2)18-10-7-11-19-22(18)23-20(25)13-12-16-14-15-8-5-6-9-17(15)24(21(16)23)26(19,3)4/h5-14H,1-4H3. The Morgan fingerprint density at radius 2 is 1.27 bits per heavy atom. The van der Waals surface area contributed by atoms with Crippen molar-refractivity contribution in [1.82, 2.24) is 0 Å². The van der Waals surface area contributed by atoms with Gasteiger partial charge in [0, 0.05) is 10.8 Å². The second-order valence-corrected chi connectivity index (χ2v) is 9.04. The average Bonchev–Trinajstić information content (AvgIpc) is 2.86. The van der Waals surface area contributed by atoms with Crippen LogP contribution in [0.25, 0.3) is 32.7 Å². The number of hydrogen-bond donors (Lipinski definition) is 0. The maximum absolute atomic E-state index is 2.41. The summed E-state index contributed by atoms with van der Waals surface area (Å²) in [4.78, 5) is 0. The third-order valence-corrected chi connectivity index (χ3v) is 6.99. The second-order valence-electron chi connectivity index (χ2n) is 9.04. The Labute approximate surface area is 154 Å². The Bertz CT molecular complexity index is 1270. The SMILES string of the molecule is CC1(C)c2cccc3c2-c2c1ccc1cc4ccccc4c(c21)C3(C)C. The van der Waals surface area contributed by atoms with Gasteiger partial charge < -0.3 is 0 Å². The van der Waals surface area contributed by atoms with Crippen LogP contribution in [-0.2, 0) is 10.8 Å². The molecule has 126 valence electrons. The van der Waals surface area contributed by atoms with E-state index in [1.165, 1.54) is 54.9 Å². The normalized spacial score (nSPS) is 17.8. The molecule has 4 aromatic rings. The van der Waals surface area contributed by atoms with E-state index < -0.39 is 0 Å². The Morgan fingerprint density at radius 3 is 2.08 bits per heavy atom. The predicted octanol–water partition coefficient (Wildman–Crippen LogP) is 6.94. The molecule has 0 aromatic heterocycles. The van der Waals surface area contributed by atoms with Gasteiger partial charge in [-0.3, -0.25) is 0 Å². The summed E-state index contributed by atoms with van der Waals surface area (Å²) in [7, 11) is 0. The third kappa shape index (κ3) is 1.41.